The third kappa shape index (κ3) is 12.8. The van der Waals surface area contributed by atoms with Crippen LogP contribution < -0.4 is 0 Å². The van der Waals surface area contributed by atoms with E-state index in [-0.39, 0.29) is 65.4 Å². The molecule has 0 atom stereocenters. The predicted octanol–water partition coefficient (Wildman–Crippen LogP) is 5.80. The summed E-state index contributed by atoms with van der Waals surface area (Å²) in [6.45, 7) is 10.3. The maximum absolute atomic E-state index is 3.10. The number of rotatable bonds is 0. The fraction of sp³-hybridized carbons (Fsp3) is 0.217. The molecule has 2 heteroatoms. The van der Waals surface area contributed by atoms with E-state index in [4.69, 9.17) is 0 Å². The van der Waals surface area contributed by atoms with E-state index in [2.05, 4.69) is 64.1 Å². The molecule has 0 aliphatic rings. The van der Waals surface area contributed by atoms with Gasteiger partial charge in [0.05, 0.1) is 0 Å². The van der Waals surface area contributed by atoms with E-state index in [1.54, 1.807) is 0 Å². The summed E-state index contributed by atoms with van der Waals surface area (Å²) in [4.78, 5) is 0. The van der Waals surface area contributed by atoms with Crippen molar-refractivity contribution in [1.82, 2.24) is 0 Å². The zero-order valence-electron chi connectivity index (χ0n) is 15.9. The standard InChI is InChI=1S/2C8H9.C7H6.2Y/c2*1-7-5-3-4-6-8(7)2;1-7-5-3-2-4-6-7;;/h2*3-5H,1-2H3;2-4H,1H3;;/q2*-1;-2;;. The molecule has 25 heavy (non-hydrogen) atoms. The first-order chi connectivity index (χ1) is 11.0. The predicted molar refractivity (Wildman–Crippen MR) is 98.4 cm³/mol. The Hall–Kier alpha value is -0.132. The number of hydrogen-bond donors (Lipinski definition) is 0. The van der Waals surface area contributed by atoms with Crippen LogP contribution in [0, 0.1) is 58.9 Å². The second-order valence-electron chi connectivity index (χ2n) is 5.40. The maximum Gasteiger partial charge on any atom is 0 e. The largest absolute Gasteiger partial charge is 0.356 e. The molecule has 0 aliphatic heterocycles. The van der Waals surface area contributed by atoms with E-state index in [0.29, 0.717) is 0 Å². The summed E-state index contributed by atoms with van der Waals surface area (Å²) in [5.41, 5.74) is 6.18. The summed E-state index contributed by atoms with van der Waals surface area (Å²) in [6, 6.07) is 29.9. The summed E-state index contributed by atoms with van der Waals surface area (Å²) in [5.74, 6) is 0. The number of benzene rings is 3. The van der Waals surface area contributed by atoms with E-state index in [0.717, 1.165) is 5.56 Å². The number of hydrogen-bond acceptors (Lipinski definition) is 0. The van der Waals surface area contributed by atoms with Gasteiger partial charge in [0.2, 0.25) is 0 Å². The van der Waals surface area contributed by atoms with Crippen molar-refractivity contribution in [3.63, 3.8) is 0 Å². The Bertz CT molecular complexity index is 606. The Kier molecular flexibility index (Phi) is 17.4. The van der Waals surface area contributed by atoms with E-state index in [1.807, 2.05) is 49.4 Å². The molecule has 0 bridgehead atoms. The molecule has 0 N–H and O–H groups in total. The van der Waals surface area contributed by atoms with Gasteiger partial charge in [0, 0.05) is 65.4 Å². The van der Waals surface area contributed by atoms with Gasteiger partial charge in [-0.05, 0) is 0 Å². The topological polar surface area (TPSA) is 0 Å². The van der Waals surface area contributed by atoms with E-state index in [9.17, 15) is 0 Å². The summed E-state index contributed by atoms with van der Waals surface area (Å²) in [5, 5.41) is 0. The van der Waals surface area contributed by atoms with Gasteiger partial charge in [-0.2, -0.15) is 70.8 Å². The van der Waals surface area contributed by atoms with Crippen molar-refractivity contribution < 1.29 is 65.4 Å². The quantitative estimate of drug-likeness (QED) is 0.359. The first-order valence-electron chi connectivity index (χ1n) is 7.73. The van der Waals surface area contributed by atoms with Crippen molar-refractivity contribution in [2.75, 3.05) is 0 Å². The Labute approximate surface area is 204 Å². The van der Waals surface area contributed by atoms with Crippen molar-refractivity contribution in [2.45, 2.75) is 34.6 Å². The normalized spacial score (nSPS) is 8.36. The Morgan fingerprint density at radius 2 is 0.880 bits per heavy atom. The van der Waals surface area contributed by atoms with Crippen molar-refractivity contribution in [1.29, 1.82) is 0 Å². The molecule has 0 spiro atoms. The SMILES string of the molecule is Cc1[c-]ccc[c-]1.Cc1[c-]cccc1C.Cc1[c-]cccc1C.[Y].[Y]. The molecule has 0 fully saturated rings. The Morgan fingerprint density at radius 1 is 0.520 bits per heavy atom. The average Bonchev–Trinajstić information content (AvgIpc) is 2.55. The molecule has 0 heterocycles. The van der Waals surface area contributed by atoms with Crippen LogP contribution in [0.2, 0.25) is 0 Å². The summed E-state index contributed by atoms with van der Waals surface area (Å²) in [6.07, 6.45) is 0. The van der Waals surface area contributed by atoms with E-state index < -0.39 is 0 Å². The Balaban J connectivity index is 0. The van der Waals surface area contributed by atoms with Gasteiger partial charge >= 0.3 is 0 Å². The van der Waals surface area contributed by atoms with Crippen LogP contribution in [0.4, 0.5) is 0 Å². The molecule has 0 nitrogen and oxygen atoms in total. The molecule has 0 saturated heterocycles. The van der Waals surface area contributed by atoms with Crippen molar-refractivity contribution in [3.8, 4) is 0 Å². The smallest absolute Gasteiger partial charge is 0 e. The van der Waals surface area contributed by atoms with Crippen molar-refractivity contribution in [3.05, 3.63) is 107 Å². The summed E-state index contributed by atoms with van der Waals surface area (Å²) >= 11 is 0. The van der Waals surface area contributed by atoms with Crippen molar-refractivity contribution >= 4 is 0 Å². The van der Waals surface area contributed by atoms with Gasteiger partial charge in [-0.15, -0.1) is 0 Å². The fourth-order valence-corrected chi connectivity index (χ4v) is 1.64. The minimum absolute atomic E-state index is 0. The van der Waals surface area contributed by atoms with E-state index >= 15 is 0 Å². The zero-order chi connectivity index (χ0) is 17.1. The Morgan fingerprint density at radius 3 is 1.08 bits per heavy atom. The molecule has 0 aromatic heterocycles. The second-order valence-corrected chi connectivity index (χ2v) is 5.40. The van der Waals surface area contributed by atoms with Crippen molar-refractivity contribution in [2.24, 2.45) is 0 Å². The van der Waals surface area contributed by atoms with Crippen LogP contribution in [0.3, 0.4) is 0 Å². The maximum atomic E-state index is 3.10. The molecule has 0 amide bonds. The van der Waals surface area contributed by atoms with Gasteiger partial charge < -0.3 is 12.1 Å². The van der Waals surface area contributed by atoms with Gasteiger partial charge in [0.1, 0.15) is 0 Å². The second kappa shape index (κ2) is 16.1. The first kappa shape index (κ1) is 27.1. The molecule has 0 unspecified atom stereocenters. The molecule has 3 aromatic rings. The molecule has 3 rings (SSSR count). The average molecular weight is 478 g/mol. The fourth-order valence-electron chi connectivity index (χ4n) is 1.64. The van der Waals surface area contributed by atoms with Gasteiger partial charge in [0.15, 0.2) is 0 Å². The van der Waals surface area contributed by atoms with Crippen LogP contribution in [0.25, 0.3) is 0 Å². The minimum Gasteiger partial charge on any atom is -0.356 e. The van der Waals surface area contributed by atoms with Crippen LogP contribution in [-0.2, 0) is 65.4 Å². The molecule has 3 aromatic carbocycles. The summed E-state index contributed by atoms with van der Waals surface area (Å²) in [7, 11) is 0. The van der Waals surface area contributed by atoms with Crippen LogP contribution in [0.5, 0.6) is 0 Å². The molecule has 126 valence electrons. The van der Waals surface area contributed by atoms with Crippen LogP contribution in [0.1, 0.15) is 27.8 Å². The zero-order valence-corrected chi connectivity index (χ0v) is 21.5. The molecule has 0 saturated carbocycles. The third-order valence-electron chi connectivity index (χ3n) is 3.46. The molecular weight excluding hydrogens is 454 g/mol. The van der Waals surface area contributed by atoms with E-state index in [1.165, 1.54) is 22.3 Å². The van der Waals surface area contributed by atoms with Crippen LogP contribution in [0.15, 0.2) is 54.6 Å². The summed E-state index contributed by atoms with van der Waals surface area (Å²) < 4.78 is 0. The first-order valence-corrected chi connectivity index (χ1v) is 7.73. The van der Waals surface area contributed by atoms with Gasteiger partial charge in [-0.3, -0.25) is 23.8 Å². The number of aryl methyl sites for hydroxylation is 5. The molecule has 2 radical (unpaired) electrons. The van der Waals surface area contributed by atoms with Gasteiger partial charge in [-0.25, -0.2) is 0 Å². The van der Waals surface area contributed by atoms with Gasteiger partial charge in [0.25, 0.3) is 0 Å². The minimum atomic E-state index is 0. The van der Waals surface area contributed by atoms with Gasteiger partial charge in [-0.1, -0.05) is 34.6 Å². The molecule has 0 aliphatic carbocycles. The molecular formula is C23H24Y2-4. The van der Waals surface area contributed by atoms with Crippen LogP contribution in [-0.4, -0.2) is 0 Å². The van der Waals surface area contributed by atoms with Crippen LogP contribution >= 0.6 is 0 Å². The third-order valence-corrected chi connectivity index (χ3v) is 3.46. The monoisotopic (exact) mass is 478 g/mol.